The normalized spacial score (nSPS) is 40.7. The maximum absolute atomic E-state index is 13.2. The lowest BCUT2D eigenvalue weighted by Gasteiger charge is -2.65. The molecule has 0 aromatic carbocycles. The summed E-state index contributed by atoms with van der Waals surface area (Å²) in [5, 5.41) is 0. The summed E-state index contributed by atoms with van der Waals surface area (Å²) < 4.78 is 13.2. The van der Waals surface area contributed by atoms with Crippen molar-refractivity contribution >= 4 is 0 Å². The summed E-state index contributed by atoms with van der Waals surface area (Å²) in [7, 11) is 0. The Morgan fingerprint density at radius 2 is 2.15 bits per heavy atom. The second kappa shape index (κ2) is 1.84. The summed E-state index contributed by atoms with van der Waals surface area (Å²) in [5.41, 5.74) is -0.411. The number of hydrogen-bond acceptors (Lipinski definition) is 2. The van der Waals surface area contributed by atoms with Crippen molar-refractivity contribution in [2.24, 2.45) is 0 Å². The number of rotatable bonds is 1. The van der Waals surface area contributed by atoms with Crippen LogP contribution in [0.15, 0.2) is 17.2 Å². The molecule has 4 heteroatoms. The second-order valence-corrected chi connectivity index (χ2v) is 4.26. The smallest absolute Gasteiger partial charge is 0.250 e. The lowest BCUT2D eigenvalue weighted by molar-refractivity contribution is -0.160. The highest BCUT2D eigenvalue weighted by atomic mass is 19.1. The average Bonchev–Trinajstić information content (AvgIpc) is 1.97. The molecule has 0 radical (unpaired) electrons. The Hall–Kier alpha value is -1.19. The molecule has 3 aliphatic carbocycles. The number of hydrogen-bond donors (Lipinski definition) is 1. The van der Waals surface area contributed by atoms with E-state index in [0.29, 0.717) is 19.3 Å². The molecule has 1 aromatic heterocycles. The fraction of sp³-hybridized carbons (Fsp3) is 0.556. The lowest BCUT2D eigenvalue weighted by Crippen LogP contribution is -2.67. The van der Waals surface area contributed by atoms with Crippen LogP contribution in [0.1, 0.15) is 25.0 Å². The van der Waals surface area contributed by atoms with Gasteiger partial charge in [0.2, 0.25) is 0 Å². The van der Waals surface area contributed by atoms with Crippen molar-refractivity contribution in [3.63, 3.8) is 0 Å². The van der Waals surface area contributed by atoms with Gasteiger partial charge in [-0.3, -0.25) is 4.79 Å². The maximum Gasteiger partial charge on any atom is 0.250 e. The Morgan fingerprint density at radius 3 is 2.69 bits per heavy atom. The van der Waals surface area contributed by atoms with Gasteiger partial charge in [0.15, 0.2) is 0 Å². The lowest BCUT2D eigenvalue weighted by atomic mass is 9.41. The zero-order chi connectivity index (χ0) is 9.10. The summed E-state index contributed by atoms with van der Waals surface area (Å²) in [6.45, 7) is 0. The average molecular weight is 180 g/mol. The van der Waals surface area contributed by atoms with Crippen LogP contribution in [0.4, 0.5) is 4.39 Å². The van der Waals surface area contributed by atoms with E-state index in [1.54, 1.807) is 0 Å². The van der Waals surface area contributed by atoms with Gasteiger partial charge in [-0.15, -0.1) is 0 Å². The molecule has 13 heavy (non-hydrogen) atoms. The summed E-state index contributed by atoms with van der Waals surface area (Å²) in [5.74, 6) is 0. The van der Waals surface area contributed by atoms with Crippen molar-refractivity contribution in [2.75, 3.05) is 0 Å². The van der Waals surface area contributed by atoms with E-state index in [0.717, 1.165) is 5.69 Å². The van der Waals surface area contributed by atoms with Crippen molar-refractivity contribution < 1.29 is 4.39 Å². The van der Waals surface area contributed by atoms with Gasteiger partial charge in [-0.25, -0.2) is 9.37 Å². The van der Waals surface area contributed by atoms with Gasteiger partial charge in [0.25, 0.3) is 5.56 Å². The molecule has 0 amide bonds. The number of H-pyrrole nitrogens is 1. The minimum absolute atomic E-state index is 0.0942. The van der Waals surface area contributed by atoms with Crippen molar-refractivity contribution in [3.05, 3.63) is 28.4 Å². The number of aromatic nitrogens is 2. The van der Waals surface area contributed by atoms with E-state index in [4.69, 9.17) is 0 Å². The molecule has 3 fully saturated rings. The summed E-state index contributed by atoms with van der Waals surface area (Å²) in [6, 6.07) is 1.48. The topological polar surface area (TPSA) is 45.8 Å². The van der Waals surface area contributed by atoms with Gasteiger partial charge in [0.1, 0.15) is 5.67 Å². The molecule has 0 spiro atoms. The Bertz CT molecular complexity index is 406. The Balaban J connectivity index is 1.99. The molecule has 1 aromatic rings. The van der Waals surface area contributed by atoms with E-state index in [-0.39, 0.29) is 11.0 Å². The van der Waals surface area contributed by atoms with Crippen molar-refractivity contribution in [1.82, 2.24) is 9.97 Å². The summed E-state index contributed by atoms with van der Waals surface area (Å²) in [6.07, 6.45) is 3.05. The fourth-order valence-electron chi connectivity index (χ4n) is 2.59. The van der Waals surface area contributed by atoms with Gasteiger partial charge in [0, 0.05) is 11.5 Å². The van der Waals surface area contributed by atoms with Gasteiger partial charge in [0.05, 0.1) is 12.0 Å². The molecule has 68 valence electrons. The van der Waals surface area contributed by atoms with Crippen LogP contribution in [0.3, 0.4) is 0 Å². The minimum Gasteiger partial charge on any atom is -0.313 e. The van der Waals surface area contributed by atoms with E-state index in [2.05, 4.69) is 9.97 Å². The van der Waals surface area contributed by atoms with Crippen LogP contribution in [0.25, 0.3) is 0 Å². The van der Waals surface area contributed by atoms with Gasteiger partial charge in [-0.1, -0.05) is 0 Å². The van der Waals surface area contributed by atoms with E-state index in [9.17, 15) is 9.18 Å². The Morgan fingerprint density at radius 1 is 1.46 bits per heavy atom. The quantitative estimate of drug-likeness (QED) is 0.698. The third kappa shape index (κ3) is 0.779. The van der Waals surface area contributed by atoms with Gasteiger partial charge >= 0.3 is 0 Å². The van der Waals surface area contributed by atoms with Crippen LogP contribution >= 0.6 is 0 Å². The second-order valence-electron chi connectivity index (χ2n) is 4.26. The first-order chi connectivity index (χ1) is 6.12. The van der Waals surface area contributed by atoms with Crippen LogP contribution in [0.5, 0.6) is 0 Å². The van der Waals surface area contributed by atoms with Gasteiger partial charge in [-0.2, -0.15) is 0 Å². The molecule has 3 nitrogen and oxygen atoms in total. The third-order valence-corrected chi connectivity index (χ3v) is 3.19. The highest BCUT2D eigenvalue weighted by Crippen LogP contribution is 2.69. The molecule has 3 aliphatic rings. The van der Waals surface area contributed by atoms with Crippen LogP contribution in [-0.4, -0.2) is 15.6 Å². The number of nitrogens with zero attached hydrogens (tertiary/aromatic N) is 1. The molecule has 0 aliphatic heterocycles. The Kier molecular flexibility index (Phi) is 1.02. The zero-order valence-corrected chi connectivity index (χ0v) is 7.01. The molecule has 0 saturated heterocycles. The summed E-state index contributed by atoms with van der Waals surface area (Å²) in [4.78, 5) is 17.5. The molecule has 3 saturated carbocycles. The largest absolute Gasteiger partial charge is 0.313 e. The molecule has 1 heterocycles. The first kappa shape index (κ1) is 7.24. The predicted molar refractivity (Wildman–Crippen MR) is 44.2 cm³/mol. The summed E-state index contributed by atoms with van der Waals surface area (Å²) >= 11 is 0. The van der Waals surface area contributed by atoms with E-state index in [1.165, 1.54) is 12.4 Å². The van der Waals surface area contributed by atoms with Crippen LogP contribution in [0, 0.1) is 0 Å². The highest BCUT2D eigenvalue weighted by molar-refractivity contribution is 5.35. The fourth-order valence-corrected chi connectivity index (χ4v) is 2.59. The standard InChI is InChI=1S/C9H9FN2O/c10-9-2-8(3-9,4-9)6-1-7(13)12-5-11-6/h1,5H,2-4H2,(H,11,12,13). The minimum atomic E-state index is -0.926. The first-order valence-electron chi connectivity index (χ1n) is 4.36. The number of halogens is 1. The van der Waals surface area contributed by atoms with Gasteiger partial charge in [-0.05, 0) is 19.3 Å². The monoisotopic (exact) mass is 180 g/mol. The third-order valence-electron chi connectivity index (χ3n) is 3.19. The zero-order valence-electron chi connectivity index (χ0n) is 7.01. The predicted octanol–water partition coefficient (Wildman–Crippen LogP) is 0.913. The molecular formula is C9H9FN2O. The van der Waals surface area contributed by atoms with Crippen molar-refractivity contribution in [2.45, 2.75) is 30.3 Å². The molecule has 1 N–H and O–H groups in total. The number of nitrogens with one attached hydrogen (secondary N) is 1. The first-order valence-corrected chi connectivity index (χ1v) is 4.36. The van der Waals surface area contributed by atoms with E-state index >= 15 is 0 Å². The van der Waals surface area contributed by atoms with E-state index < -0.39 is 5.67 Å². The van der Waals surface area contributed by atoms with Crippen molar-refractivity contribution in [1.29, 1.82) is 0 Å². The molecule has 4 rings (SSSR count). The molecule has 0 atom stereocenters. The SMILES string of the molecule is O=c1cc(C23CC(F)(C2)C3)nc[nH]1. The maximum atomic E-state index is 13.2. The van der Waals surface area contributed by atoms with Crippen LogP contribution < -0.4 is 5.56 Å². The molecular weight excluding hydrogens is 171 g/mol. The highest BCUT2D eigenvalue weighted by Gasteiger charge is 2.70. The van der Waals surface area contributed by atoms with E-state index in [1.807, 2.05) is 0 Å². The van der Waals surface area contributed by atoms with Gasteiger partial charge < -0.3 is 4.98 Å². The Labute approximate surface area is 74.0 Å². The van der Waals surface area contributed by atoms with Crippen LogP contribution in [0.2, 0.25) is 0 Å². The number of alkyl halides is 1. The number of aromatic amines is 1. The molecule has 2 bridgehead atoms. The molecule has 0 unspecified atom stereocenters. The van der Waals surface area contributed by atoms with Crippen molar-refractivity contribution in [3.8, 4) is 0 Å². The van der Waals surface area contributed by atoms with Crippen LogP contribution in [-0.2, 0) is 5.41 Å².